The molecular formula is C13H16BrF2N. The molecule has 1 aromatic carbocycles. The van der Waals surface area contributed by atoms with E-state index in [4.69, 9.17) is 5.73 Å². The first-order valence-electron chi connectivity index (χ1n) is 5.96. The summed E-state index contributed by atoms with van der Waals surface area (Å²) in [4.78, 5) is 0. The summed E-state index contributed by atoms with van der Waals surface area (Å²) in [5.74, 6) is -0.619. The second kappa shape index (κ2) is 5.44. The molecule has 1 aliphatic carbocycles. The molecule has 1 nitrogen and oxygen atoms in total. The Kier molecular flexibility index (Phi) is 4.15. The van der Waals surface area contributed by atoms with Gasteiger partial charge in [-0.2, -0.15) is 0 Å². The van der Waals surface area contributed by atoms with Crippen LogP contribution in [-0.4, -0.2) is 6.04 Å². The minimum Gasteiger partial charge on any atom is -0.328 e. The van der Waals surface area contributed by atoms with Gasteiger partial charge < -0.3 is 5.73 Å². The van der Waals surface area contributed by atoms with Crippen molar-refractivity contribution < 1.29 is 8.78 Å². The number of hydrogen-bond acceptors (Lipinski definition) is 1. The first kappa shape index (κ1) is 13.0. The number of rotatable bonds is 2. The molecule has 1 aromatic rings. The third-order valence-electron chi connectivity index (χ3n) is 3.46. The molecule has 1 fully saturated rings. The fraction of sp³-hybridized carbons (Fsp3) is 0.538. The van der Waals surface area contributed by atoms with Crippen molar-refractivity contribution in [1.29, 1.82) is 0 Å². The number of nitrogens with two attached hydrogens (primary N) is 1. The highest BCUT2D eigenvalue weighted by atomic mass is 79.9. The highest BCUT2D eigenvalue weighted by molar-refractivity contribution is 9.10. The zero-order valence-corrected chi connectivity index (χ0v) is 11.1. The molecule has 1 aliphatic rings. The molecule has 2 N–H and O–H groups in total. The highest BCUT2D eigenvalue weighted by Crippen LogP contribution is 2.30. The van der Waals surface area contributed by atoms with E-state index in [0.29, 0.717) is 16.8 Å². The van der Waals surface area contributed by atoms with Crippen molar-refractivity contribution in [2.45, 2.75) is 38.1 Å². The maximum Gasteiger partial charge on any atom is 0.143 e. The van der Waals surface area contributed by atoms with Gasteiger partial charge in [0.05, 0.1) is 4.47 Å². The van der Waals surface area contributed by atoms with Crippen LogP contribution in [0, 0.1) is 17.6 Å². The van der Waals surface area contributed by atoms with Crippen LogP contribution in [0.4, 0.5) is 8.78 Å². The predicted molar refractivity (Wildman–Crippen MR) is 67.7 cm³/mol. The van der Waals surface area contributed by atoms with Gasteiger partial charge >= 0.3 is 0 Å². The SMILES string of the molecule is NC1CCCC(Cc2c(F)ccc(Br)c2F)C1. The fourth-order valence-corrected chi connectivity index (χ4v) is 2.93. The predicted octanol–water partition coefficient (Wildman–Crippen LogP) is 3.79. The summed E-state index contributed by atoms with van der Waals surface area (Å²) < 4.78 is 27.7. The Hall–Kier alpha value is -0.480. The van der Waals surface area contributed by atoms with Gasteiger partial charge in [-0.3, -0.25) is 0 Å². The third kappa shape index (κ3) is 3.05. The lowest BCUT2D eigenvalue weighted by atomic mass is 9.82. The molecule has 0 amide bonds. The summed E-state index contributed by atoms with van der Waals surface area (Å²) in [6, 6.07) is 2.90. The van der Waals surface area contributed by atoms with E-state index >= 15 is 0 Å². The fourth-order valence-electron chi connectivity index (χ4n) is 2.56. The second-order valence-corrected chi connectivity index (χ2v) is 5.67. The number of benzene rings is 1. The van der Waals surface area contributed by atoms with Crippen molar-refractivity contribution in [1.82, 2.24) is 0 Å². The van der Waals surface area contributed by atoms with Crippen LogP contribution in [0.1, 0.15) is 31.2 Å². The van der Waals surface area contributed by atoms with Gasteiger partial charge in [0.2, 0.25) is 0 Å². The van der Waals surface area contributed by atoms with E-state index in [1.54, 1.807) is 0 Å². The summed E-state index contributed by atoms with van der Waals surface area (Å²) >= 11 is 3.09. The molecule has 2 atom stereocenters. The lowest BCUT2D eigenvalue weighted by Gasteiger charge is -2.26. The first-order valence-corrected chi connectivity index (χ1v) is 6.75. The van der Waals surface area contributed by atoms with E-state index in [2.05, 4.69) is 15.9 Å². The second-order valence-electron chi connectivity index (χ2n) is 4.82. The molecule has 94 valence electrons. The molecule has 0 aromatic heterocycles. The van der Waals surface area contributed by atoms with E-state index in [1.165, 1.54) is 12.1 Å². The van der Waals surface area contributed by atoms with Crippen molar-refractivity contribution in [3.8, 4) is 0 Å². The molecule has 0 bridgehead atoms. The Labute approximate surface area is 109 Å². The van der Waals surface area contributed by atoms with Crippen molar-refractivity contribution in [3.63, 3.8) is 0 Å². The topological polar surface area (TPSA) is 26.0 Å². The van der Waals surface area contributed by atoms with E-state index < -0.39 is 11.6 Å². The molecule has 0 radical (unpaired) electrons. The van der Waals surface area contributed by atoms with E-state index in [-0.39, 0.29) is 11.6 Å². The molecule has 2 rings (SSSR count). The summed E-state index contributed by atoms with van der Waals surface area (Å²) in [5, 5.41) is 0. The van der Waals surface area contributed by atoms with Crippen LogP contribution >= 0.6 is 15.9 Å². The molecule has 0 saturated heterocycles. The van der Waals surface area contributed by atoms with Crippen molar-refractivity contribution in [2.24, 2.45) is 11.7 Å². The Bertz CT molecular complexity index is 409. The van der Waals surface area contributed by atoms with Crippen LogP contribution in [0.5, 0.6) is 0 Å². The molecule has 17 heavy (non-hydrogen) atoms. The highest BCUT2D eigenvalue weighted by Gasteiger charge is 2.22. The average Bonchev–Trinajstić information content (AvgIpc) is 2.30. The van der Waals surface area contributed by atoms with Crippen molar-refractivity contribution >= 4 is 15.9 Å². The summed E-state index contributed by atoms with van der Waals surface area (Å²) in [5.41, 5.74) is 6.08. The van der Waals surface area contributed by atoms with Crippen molar-refractivity contribution in [3.05, 3.63) is 33.8 Å². The molecule has 2 unspecified atom stereocenters. The van der Waals surface area contributed by atoms with Crippen LogP contribution in [-0.2, 0) is 6.42 Å². The van der Waals surface area contributed by atoms with Gasteiger partial charge in [-0.25, -0.2) is 8.78 Å². The molecule has 1 saturated carbocycles. The summed E-state index contributed by atoms with van der Waals surface area (Å²) in [6.07, 6.45) is 4.41. The molecular weight excluding hydrogens is 288 g/mol. The van der Waals surface area contributed by atoms with Gasteiger partial charge in [0, 0.05) is 11.6 Å². The van der Waals surface area contributed by atoms with E-state index in [1.807, 2.05) is 0 Å². The zero-order chi connectivity index (χ0) is 12.4. The zero-order valence-electron chi connectivity index (χ0n) is 9.56. The largest absolute Gasteiger partial charge is 0.328 e. The van der Waals surface area contributed by atoms with Crippen LogP contribution in [0.2, 0.25) is 0 Å². The average molecular weight is 304 g/mol. The van der Waals surface area contributed by atoms with Crippen LogP contribution < -0.4 is 5.73 Å². The molecule has 4 heteroatoms. The Morgan fingerprint density at radius 3 is 2.76 bits per heavy atom. The maximum atomic E-state index is 13.8. The summed E-state index contributed by atoms with van der Waals surface area (Å²) in [7, 11) is 0. The number of hydrogen-bond donors (Lipinski definition) is 1. The normalized spacial score (nSPS) is 24.9. The van der Waals surface area contributed by atoms with Crippen molar-refractivity contribution in [2.75, 3.05) is 0 Å². The first-order chi connectivity index (χ1) is 8.08. The number of halogens is 3. The minimum absolute atomic E-state index is 0.187. The van der Waals surface area contributed by atoms with Gasteiger partial charge in [-0.05, 0) is 53.2 Å². The Morgan fingerprint density at radius 2 is 2.06 bits per heavy atom. The van der Waals surface area contributed by atoms with Gasteiger partial charge in [-0.15, -0.1) is 0 Å². The standard InChI is InChI=1S/C13H16BrF2N/c14-11-4-5-12(15)10(13(11)16)7-8-2-1-3-9(17)6-8/h4-5,8-9H,1-3,6-7,17H2. The third-order valence-corrected chi connectivity index (χ3v) is 4.07. The lowest BCUT2D eigenvalue weighted by Crippen LogP contribution is -2.29. The maximum absolute atomic E-state index is 13.8. The quantitative estimate of drug-likeness (QED) is 0.827. The van der Waals surface area contributed by atoms with Crippen LogP contribution in [0.25, 0.3) is 0 Å². The van der Waals surface area contributed by atoms with Gasteiger partial charge in [0.25, 0.3) is 0 Å². The Balaban J connectivity index is 2.15. The molecule has 0 aliphatic heterocycles. The van der Waals surface area contributed by atoms with E-state index in [9.17, 15) is 8.78 Å². The minimum atomic E-state index is -0.468. The molecule has 0 heterocycles. The van der Waals surface area contributed by atoms with Crippen LogP contribution in [0.15, 0.2) is 16.6 Å². The monoisotopic (exact) mass is 303 g/mol. The van der Waals surface area contributed by atoms with E-state index in [0.717, 1.165) is 25.7 Å². The smallest absolute Gasteiger partial charge is 0.143 e. The van der Waals surface area contributed by atoms with Gasteiger partial charge in [-0.1, -0.05) is 12.8 Å². The van der Waals surface area contributed by atoms with Gasteiger partial charge in [0.1, 0.15) is 11.6 Å². The summed E-state index contributed by atoms with van der Waals surface area (Å²) in [6.45, 7) is 0. The molecule has 0 spiro atoms. The van der Waals surface area contributed by atoms with Crippen LogP contribution in [0.3, 0.4) is 0 Å². The Morgan fingerprint density at radius 1 is 1.29 bits per heavy atom. The lowest BCUT2D eigenvalue weighted by molar-refractivity contribution is 0.315. The van der Waals surface area contributed by atoms with Gasteiger partial charge in [0.15, 0.2) is 0 Å².